The van der Waals surface area contributed by atoms with Gasteiger partial charge in [-0.1, -0.05) is 17.7 Å². The first kappa shape index (κ1) is 10.5. The van der Waals surface area contributed by atoms with Crippen molar-refractivity contribution in [2.24, 2.45) is 0 Å². The van der Waals surface area contributed by atoms with Crippen molar-refractivity contribution in [2.45, 2.75) is 6.42 Å². The molecule has 2 rings (SSSR count). The summed E-state index contributed by atoms with van der Waals surface area (Å²) in [6.07, 6.45) is -0.186. The Bertz CT molecular complexity index is 584. The average Bonchev–Trinajstić information content (AvgIpc) is 2.62. The SMILES string of the molecule is N#CCC(=O)Nc1cccc2c(Cl)[nH]nc12. The van der Waals surface area contributed by atoms with Gasteiger partial charge < -0.3 is 5.32 Å². The molecule has 0 saturated heterocycles. The van der Waals surface area contributed by atoms with Gasteiger partial charge in [-0.3, -0.25) is 9.89 Å². The molecule has 0 unspecified atom stereocenters. The summed E-state index contributed by atoms with van der Waals surface area (Å²) in [6.45, 7) is 0. The number of rotatable bonds is 2. The Balaban J connectivity index is 2.38. The highest BCUT2D eigenvalue weighted by atomic mass is 35.5. The second kappa shape index (κ2) is 4.21. The molecule has 0 aliphatic rings. The lowest BCUT2D eigenvalue weighted by molar-refractivity contribution is -0.115. The van der Waals surface area contributed by atoms with Gasteiger partial charge in [-0.25, -0.2) is 0 Å². The number of nitrogens with one attached hydrogen (secondary N) is 2. The molecule has 0 spiro atoms. The predicted molar refractivity (Wildman–Crippen MR) is 60.0 cm³/mol. The molecule has 0 radical (unpaired) electrons. The second-order valence-electron chi connectivity index (χ2n) is 3.12. The van der Waals surface area contributed by atoms with Crippen molar-refractivity contribution in [3.63, 3.8) is 0 Å². The van der Waals surface area contributed by atoms with Crippen LogP contribution in [0.4, 0.5) is 5.69 Å². The zero-order chi connectivity index (χ0) is 11.5. The number of benzene rings is 1. The fourth-order valence-corrected chi connectivity index (χ4v) is 1.57. The van der Waals surface area contributed by atoms with Crippen molar-refractivity contribution in [1.29, 1.82) is 5.26 Å². The predicted octanol–water partition coefficient (Wildman–Crippen LogP) is 2.07. The summed E-state index contributed by atoms with van der Waals surface area (Å²) in [6, 6.07) is 7.03. The van der Waals surface area contributed by atoms with Crippen LogP contribution in [0.2, 0.25) is 5.15 Å². The first-order chi connectivity index (χ1) is 7.72. The first-order valence-electron chi connectivity index (χ1n) is 4.52. The van der Waals surface area contributed by atoms with Crippen LogP contribution in [0, 0.1) is 11.3 Å². The molecule has 1 heterocycles. The van der Waals surface area contributed by atoms with Crippen LogP contribution < -0.4 is 5.32 Å². The van der Waals surface area contributed by atoms with Crippen LogP contribution in [0.1, 0.15) is 6.42 Å². The van der Waals surface area contributed by atoms with Gasteiger partial charge in [0.25, 0.3) is 0 Å². The van der Waals surface area contributed by atoms with Crippen LogP contribution in [0.3, 0.4) is 0 Å². The van der Waals surface area contributed by atoms with Gasteiger partial charge >= 0.3 is 0 Å². The maximum atomic E-state index is 11.3. The van der Waals surface area contributed by atoms with Crippen molar-refractivity contribution in [3.8, 4) is 6.07 Å². The van der Waals surface area contributed by atoms with E-state index in [0.717, 1.165) is 5.39 Å². The molecule has 0 bridgehead atoms. The van der Waals surface area contributed by atoms with Crippen molar-refractivity contribution in [1.82, 2.24) is 10.2 Å². The van der Waals surface area contributed by atoms with Crippen LogP contribution in [0.25, 0.3) is 10.9 Å². The largest absolute Gasteiger partial charge is 0.323 e. The van der Waals surface area contributed by atoms with Crippen molar-refractivity contribution in [3.05, 3.63) is 23.4 Å². The zero-order valence-electron chi connectivity index (χ0n) is 8.12. The van der Waals surface area contributed by atoms with Crippen LogP contribution in [0.15, 0.2) is 18.2 Å². The highest BCUT2D eigenvalue weighted by Gasteiger charge is 2.09. The molecule has 6 heteroatoms. The monoisotopic (exact) mass is 234 g/mol. The molecule has 80 valence electrons. The van der Waals surface area contributed by atoms with Gasteiger partial charge in [-0.2, -0.15) is 10.4 Å². The van der Waals surface area contributed by atoms with Gasteiger partial charge in [-0.05, 0) is 12.1 Å². The second-order valence-corrected chi connectivity index (χ2v) is 3.50. The number of carbonyl (C=O) groups excluding carboxylic acids is 1. The standard InChI is InChI=1S/C10H7ClN4O/c11-10-6-2-1-3-7(9(6)14-15-10)13-8(16)4-5-12/h1-3H,4H2,(H,13,16)(H,14,15). The number of anilines is 1. The minimum atomic E-state index is -0.367. The van der Waals surface area contributed by atoms with Crippen LogP contribution in [-0.4, -0.2) is 16.1 Å². The van der Waals surface area contributed by atoms with Crippen molar-refractivity contribution in [2.75, 3.05) is 5.32 Å². The highest BCUT2D eigenvalue weighted by Crippen LogP contribution is 2.26. The van der Waals surface area contributed by atoms with E-state index in [-0.39, 0.29) is 12.3 Å². The molecule has 16 heavy (non-hydrogen) atoms. The Morgan fingerprint density at radius 2 is 2.44 bits per heavy atom. The maximum absolute atomic E-state index is 11.3. The highest BCUT2D eigenvalue weighted by molar-refractivity contribution is 6.34. The molecule has 0 fully saturated rings. The molecule has 0 aliphatic carbocycles. The molecule has 5 nitrogen and oxygen atoms in total. The molecular formula is C10H7ClN4O. The molecule has 0 atom stereocenters. The third-order valence-corrected chi connectivity index (χ3v) is 2.34. The summed E-state index contributed by atoms with van der Waals surface area (Å²) in [5.41, 5.74) is 1.12. The Morgan fingerprint density at radius 1 is 1.62 bits per heavy atom. The molecule has 0 saturated carbocycles. The van der Waals surface area contributed by atoms with E-state index in [2.05, 4.69) is 15.5 Å². The van der Waals surface area contributed by atoms with Crippen LogP contribution in [-0.2, 0) is 4.79 Å². The van der Waals surface area contributed by atoms with Crippen LogP contribution >= 0.6 is 11.6 Å². The number of hydrogen-bond donors (Lipinski definition) is 2. The van der Waals surface area contributed by atoms with E-state index in [1.54, 1.807) is 24.3 Å². The van der Waals surface area contributed by atoms with E-state index in [9.17, 15) is 4.79 Å². The molecule has 1 amide bonds. The van der Waals surface area contributed by atoms with Crippen molar-refractivity contribution < 1.29 is 4.79 Å². The molecular weight excluding hydrogens is 228 g/mol. The number of halogens is 1. The summed E-state index contributed by atoms with van der Waals surface area (Å²) in [5.74, 6) is -0.367. The lowest BCUT2D eigenvalue weighted by atomic mass is 10.2. The maximum Gasteiger partial charge on any atom is 0.238 e. The average molecular weight is 235 g/mol. The first-order valence-corrected chi connectivity index (χ1v) is 4.89. The van der Waals surface area contributed by atoms with Gasteiger partial charge in [-0.15, -0.1) is 0 Å². The van der Waals surface area contributed by atoms with Gasteiger partial charge in [0.1, 0.15) is 17.1 Å². The van der Waals surface area contributed by atoms with E-state index in [1.807, 2.05) is 0 Å². The molecule has 2 aromatic rings. The summed E-state index contributed by atoms with van der Waals surface area (Å²) < 4.78 is 0. The molecule has 1 aromatic carbocycles. The van der Waals surface area contributed by atoms with E-state index in [4.69, 9.17) is 16.9 Å². The number of H-pyrrole nitrogens is 1. The van der Waals surface area contributed by atoms with Gasteiger partial charge in [0.05, 0.1) is 11.8 Å². The number of amides is 1. The normalized spacial score (nSPS) is 10.0. The fraction of sp³-hybridized carbons (Fsp3) is 0.100. The minimum Gasteiger partial charge on any atom is -0.323 e. The Labute approximate surface area is 96.0 Å². The fourth-order valence-electron chi connectivity index (χ4n) is 1.37. The lowest BCUT2D eigenvalue weighted by Crippen LogP contribution is -2.10. The summed E-state index contributed by atoms with van der Waals surface area (Å²) >= 11 is 5.86. The number of aromatic nitrogens is 2. The summed E-state index contributed by atoms with van der Waals surface area (Å²) in [5, 5.41) is 18.7. The Hall–Kier alpha value is -2.06. The number of hydrogen-bond acceptors (Lipinski definition) is 3. The zero-order valence-corrected chi connectivity index (χ0v) is 8.88. The van der Waals surface area contributed by atoms with Gasteiger partial charge in [0.15, 0.2) is 0 Å². The topological polar surface area (TPSA) is 81.6 Å². The van der Waals surface area contributed by atoms with Crippen LogP contribution in [0.5, 0.6) is 0 Å². The van der Waals surface area contributed by atoms with Crippen molar-refractivity contribution >= 4 is 34.1 Å². The number of nitrogens with zero attached hydrogens (tertiary/aromatic N) is 2. The number of para-hydroxylation sites is 1. The molecule has 0 aliphatic heterocycles. The molecule has 1 aromatic heterocycles. The third-order valence-electron chi connectivity index (χ3n) is 2.05. The van der Waals surface area contributed by atoms with E-state index in [0.29, 0.717) is 16.4 Å². The number of nitriles is 1. The summed E-state index contributed by atoms with van der Waals surface area (Å²) in [7, 11) is 0. The van der Waals surface area contributed by atoms with E-state index < -0.39 is 0 Å². The van der Waals surface area contributed by atoms with E-state index >= 15 is 0 Å². The minimum absolute atomic E-state index is 0.186. The Morgan fingerprint density at radius 3 is 3.19 bits per heavy atom. The lowest BCUT2D eigenvalue weighted by Gasteiger charge is -2.02. The van der Waals surface area contributed by atoms with E-state index in [1.165, 1.54) is 0 Å². The molecule has 2 N–H and O–H groups in total. The Kier molecular flexibility index (Phi) is 2.75. The third kappa shape index (κ3) is 1.83. The number of carbonyl (C=O) groups is 1. The quantitative estimate of drug-likeness (QED) is 0.835. The number of fused-ring (bicyclic) bond motifs is 1. The summed E-state index contributed by atoms with van der Waals surface area (Å²) in [4.78, 5) is 11.3. The van der Waals surface area contributed by atoms with Gasteiger partial charge in [0, 0.05) is 5.39 Å². The smallest absolute Gasteiger partial charge is 0.238 e. The van der Waals surface area contributed by atoms with Gasteiger partial charge in [0.2, 0.25) is 5.91 Å². The number of aromatic amines is 1.